The summed E-state index contributed by atoms with van der Waals surface area (Å²) in [4.78, 5) is 0. The molecule has 0 aliphatic rings. The van der Waals surface area contributed by atoms with Crippen molar-refractivity contribution in [2.45, 2.75) is 39.3 Å². The highest BCUT2D eigenvalue weighted by molar-refractivity contribution is 5.85. The molecule has 0 spiro atoms. The summed E-state index contributed by atoms with van der Waals surface area (Å²) in [6.45, 7) is 6.04. The zero-order valence-electron chi connectivity index (χ0n) is 11.8. The Labute approximate surface area is 120 Å². The summed E-state index contributed by atoms with van der Waals surface area (Å²) in [6, 6.07) is 4.30. The minimum Gasteiger partial charge on any atom is -0.494 e. The van der Waals surface area contributed by atoms with Crippen LogP contribution in [-0.4, -0.2) is 18.3 Å². The molecule has 0 fully saturated rings. The van der Waals surface area contributed by atoms with E-state index < -0.39 is 11.9 Å². The van der Waals surface area contributed by atoms with Crippen LogP contribution in [0, 0.1) is 11.2 Å². The second-order valence-electron chi connectivity index (χ2n) is 5.62. The van der Waals surface area contributed by atoms with Gasteiger partial charge in [0.15, 0.2) is 11.6 Å². The van der Waals surface area contributed by atoms with Gasteiger partial charge in [0.2, 0.25) is 0 Å². The van der Waals surface area contributed by atoms with E-state index in [9.17, 15) is 9.50 Å². The molecular formula is C14H23ClFNO2. The van der Waals surface area contributed by atoms with E-state index in [-0.39, 0.29) is 29.6 Å². The van der Waals surface area contributed by atoms with Crippen molar-refractivity contribution in [1.29, 1.82) is 0 Å². The van der Waals surface area contributed by atoms with Crippen LogP contribution in [0.2, 0.25) is 0 Å². The molecular weight excluding hydrogens is 269 g/mol. The first-order valence-electron chi connectivity index (χ1n) is 6.02. The molecule has 5 heteroatoms. The number of aliphatic hydroxyl groups is 1. The molecule has 1 aromatic rings. The van der Waals surface area contributed by atoms with Gasteiger partial charge in [-0.15, -0.1) is 12.4 Å². The van der Waals surface area contributed by atoms with Gasteiger partial charge in [0.05, 0.1) is 13.2 Å². The highest BCUT2D eigenvalue weighted by Crippen LogP contribution is 2.28. The molecule has 0 aromatic heterocycles. The summed E-state index contributed by atoms with van der Waals surface area (Å²) in [7, 11) is 1.41. The quantitative estimate of drug-likeness (QED) is 0.896. The molecule has 1 rings (SSSR count). The van der Waals surface area contributed by atoms with Crippen molar-refractivity contribution in [2.75, 3.05) is 7.11 Å². The number of nitrogens with two attached hydrogens (primary N) is 1. The van der Waals surface area contributed by atoms with Crippen molar-refractivity contribution in [3.05, 3.63) is 29.6 Å². The second-order valence-corrected chi connectivity index (χ2v) is 5.62. The lowest BCUT2D eigenvalue weighted by Gasteiger charge is -2.29. The fraction of sp³-hybridized carbons (Fsp3) is 0.571. The summed E-state index contributed by atoms with van der Waals surface area (Å²) in [5.41, 5.74) is 6.43. The zero-order chi connectivity index (χ0) is 13.9. The number of benzene rings is 1. The first-order chi connectivity index (χ1) is 8.25. The van der Waals surface area contributed by atoms with Crippen LogP contribution in [-0.2, 0) is 0 Å². The van der Waals surface area contributed by atoms with Crippen LogP contribution in [0.25, 0.3) is 0 Å². The van der Waals surface area contributed by atoms with Crippen LogP contribution in [0.4, 0.5) is 4.39 Å². The Morgan fingerprint density at radius 3 is 2.37 bits per heavy atom. The van der Waals surface area contributed by atoms with Crippen molar-refractivity contribution in [3.8, 4) is 5.75 Å². The molecule has 0 saturated heterocycles. The highest BCUT2D eigenvalue weighted by Gasteiger charge is 2.24. The number of rotatable bonds is 4. The van der Waals surface area contributed by atoms with Crippen LogP contribution in [0.3, 0.4) is 0 Å². The minimum atomic E-state index is -0.764. The lowest BCUT2D eigenvalue weighted by molar-refractivity contribution is 0.133. The monoisotopic (exact) mass is 291 g/mol. The second kappa shape index (κ2) is 7.08. The molecule has 0 unspecified atom stereocenters. The molecule has 0 bridgehead atoms. The Hall–Kier alpha value is -0.840. The first kappa shape index (κ1) is 18.2. The van der Waals surface area contributed by atoms with Crippen LogP contribution in [0.1, 0.15) is 38.9 Å². The van der Waals surface area contributed by atoms with Crippen LogP contribution in [0.15, 0.2) is 18.2 Å². The van der Waals surface area contributed by atoms with E-state index in [1.165, 1.54) is 19.2 Å². The zero-order valence-corrected chi connectivity index (χ0v) is 12.6. The number of hydrogen-bond acceptors (Lipinski definition) is 3. The summed E-state index contributed by atoms with van der Waals surface area (Å²) in [6.07, 6.45) is -0.366. The van der Waals surface area contributed by atoms with Gasteiger partial charge in [-0.1, -0.05) is 26.8 Å². The smallest absolute Gasteiger partial charge is 0.165 e. The minimum absolute atomic E-state index is 0. The maximum Gasteiger partial charge on any atom is 0.165 e. The van der Waals surface area contributed by atoms with E-state index in [1.807, 2.05) is 20.8 Å². The maximum atomic E-state index is 13.5. The van der Waals surface area contributed by atoms with Crippen molar-refractivity contribution >= 4 is 12.4 Å². The number of aliphatic hydroxyl groups excluding tert-OH is 1. The van der Waals surface area contributed by atoms with Crippen molar-refractivity contribution in [3.63, 3.8) is 0 Å². The Kier molecular flexibility index (Phi) is 6.77. The molecule has 0 heterocycles. The summed E-state index contributed by atoms with van der Waals surface area (Å²) >= 11 is 0. The number of methoxy groups -OCH3 is 1. The van der Waals surface area contributed by atoms with Gasteiger partial charge < -0.3 is 15.6 Å². The first-order valence-corrected chi connectivity index (χ1v) is 6.02. The third-order valence-electron chi connectivity index (χ3n) is 3.15. The summed E-state index contributed by atoms with van der Waals surface area (Å²) in [5, 5.41) is 10.1. The molecule has 1 aromatic carbocycles. The van der Waals surface area contributed by atoms with E-state index in [0.29, 0.717) is 12.0 Å². The molecule has 0 radical (unpaired) electrons. The maximum absolute atomic E-state index is 13.5. The number of halogens is 2. The molecule has 110 valence electrons. The van der Waals surface area contributed by atoms with Crippen molar-refractivity contribution in [2.24, 2.45) is 11.1 Å². The van der Waals surface area contributed by atoms with E-state index >= 15 is 0 Å². The van der Waals surface area contributed by atoms with Crippen molar-refractivity contribution < 1.29 is 14.2 Å². The molecule has 19 heavy (non-hydrogen) atoms. The fourth-order valence-electron chi connectivity index (χ4n) is 1.62. The Morgan fingerprint density at radius 1 is 1.37 bits per heavy atom. The predicted octanol–water partition coefficient (Wildman–Crippen LogP) is 3.05. The Bertz CT molecular complexity index is 407. The lowest BCUT2D eigenvalue weighted by atomic mass is 9.83. The van der Waals surface area contributed by atoms with Gasteiger partial charge in [0.1, 0.15) is 0 Å². The van der Waals surface area contributed by atoms with Gasteiger partial charge in [-0.2, -0.15) is 0 Å². The predicted molar refractivity (Wildman–Crippen MR) is 77.2 cm³/mol. The van der Waals surface area contributed by atoms with E-state index in [4.69, 9.17) is 10.5 Å². The SMILES string of the molecule is COc1ccc([C@H](O)C[C@H](N)C(C)(C)C)cc1F.Cl. The lowest BCUT2D eigenvalue weighted by Crippen LogP contribution is -2.36. The Morgan fingerprint density at radius 2 is 1.95 bits per heavy atom. The molecule has 3 nitrogen and oxygen atoms in total. The van der Waals surface area contributed by atoms with Crippen LogP contribution in [0.5, 0.6) is 5.75 Å². The summed E-state index contributed by atoms with van der Waals surface area (Å²) < 4.78 is 18.3. The van der Waals surface area contributed by atoms with Gasteiger partial charge in [-0.25, -0.2) is 4.39 Å². The van der Waals surface area contributed by atoms with Gasteiger partial charge in [0.25, 0.3) is 0 Å². The molecule has 0 amide bonds. The number of ether oxygens (including phenoxy) is 1. The van der Waals surface area contributed by atoms with Gasteiger partial charge in [-0.05, 0) is 29.5 Å². The summed E-state index contributed by atoms with van der Waals surface area (Å²) in [5.74, 6) is -0.301. The normalized spacial score (nSPS) is 14.5. The van der Waals surface area contributed by atoms with Crippen LogP contribution >= 0.6 is 12.4 Å². The molecule has 0 saturated carbocycles. The van der Waals surface area contributed by atoms with E-state index in [1.54, 1.807) is 6.07 Å². The third kappa shape index (κ3) is 4.97. The van der Waals surface area contributed by atoms with E-state index in [0.717, 1.165) is 0 Å². The van der Waals surface area contributed by atoms with Gasteiger partial charge >= 0.3 is 0 Å². The molecule has 2 atom stereocenters. The highest BCUT2D eigenvalue weighted by atomic mass is 35.5. The van der Waals surface area contributed by atoms with E-state index in [2.05, 4.69) is 0 Å². The Balaban J connectivity index is 0.00000324. The number of hydrogen-bond donors (Lipinski definition) is 2. The molecule has 0 aliphatic carbocycles. The largest absolute Gasteiger partial charge is 0.494 e. The molecule has 0 aliphatic heterocycles. The van der Waals surface area contributed by atoms with Gasteiger partial charge in [0, 0.05) is 6.04 Å². The topological polar surface area (TPSA) is 55.5 Å². The average Bonchev–Trinajstić information content (AvgIpc) is 2.27. The van der Waals surface area contributed by atoms with Crippen LogP contribution < -0.4 is 10.5 Å². The average molecular weight is 292 g/mol. The third-order valence-corrected chi connectivity index (χ3v) is 3.15. The fourth-order valence-corrected chi connectivity index (χ4v) is 1.62. The molecule has 3 N–H and O–H groups in total. The standard InChI is InChI=1S/C14H22FNO2.ClH/c1-14(2,3)13(16)8-11(17)9-5-6-12(18-4)10(15)7-9;/h5-7,11,13,17H,8,16H2,1-4H3;1H/t11-,13+;/m1./s1. The van der Waals surface area contributed by atoms with Crippen molar-refractivity contribution in [1.82, 2.24) is 0 Å². The van der Waals surface area contributed by atoms with Gasteiger partial charge in [-0.3, -0.25) is 0 Å².